The highest BCUT2D eigenvalue weighted by molar-refractivity contribution is 6.34. The number of halogens is 2. The summed E-state index contributed by atoms with van der Waals surface area (Å²) in [6, 6.07) is 13.1. The molecule has 2 aromatic carbocycles. The van der Waals surface area contributed by atoms with Crippen LogP contribution in [0.5, 0.6) is 0 Å². The molecule has 1 atom stereocenters. The van der Waals surface area contributed by atoms with E-state index >= 15 is 0 Å². The van der Waals surface area contributed by atoms with E-state index in [9.17, 15) is 0 Å². The summed E-state index contributed by atoms with van der Waals surface area (Å²) in [6.07, 6.45) is 0. The third-order valence-electron chi connectivity index (χ3n) is 3.36. The summed E-state index contributed by atoms with van der Waals surface area (Å²) in [5, 5.41) is 2.19. The minimum absolute atomic E-state index is 0.286. The Morgan fingerprint density at radius 1 is 1.14 bits per heavy atom. The molecule has 3 N–H and O–H groups in total. The lowest BCUT2D eigenvalue weighted by molar-refractivity contribution is 0.477. The van der Waals surface area contributed by atoms with Gasteiger partial charge in [-0.2, -0.15) is 0 Å². The summed E-state index contributed by atoms with van der Waals surface area (Å²) in [6.45, 7) is 1.98. The molecule has 5 heteroatoms. The van der Waals surface area contributed by atoms with E-state index in [4.69, 9.17) is 33.5 Å². The second-order valence-electron chi connectivity index (χ2n) is 4.97. The molecular weight excluding hydrogens is 307 g/mol. The molecule has 0 aliphatic carbocycles. The third-order valence-corrected chi connectivity index (χ3v) is 3.88. The fourth-order valence-electron chi connectivity index (χ4n) is 2.46. The zero-order chi connectivity index (χ0) is 15.0. The predicted molar refractivity (Wildman–Crippen MR) is 86.6 cm³/mol. The third kappa shape index (κ3) is 2.78. The van der Waals surface area contributed by atoms with Gasteiger partial charge in [-0.25, -0.2) is 5.43 Å². The molecule has 0 aliphatic rings. The first-order valence-corrected chi connectivity index (χ1v) is 7.25. The van der Waals surface area contributed by atoms with Crippen molar-refractivity contribution in [3.8, 4) is 0 Å². The molecule has 3 rings (SSSR count). The van der Waals surface area contributed by atoms with Crippen LogP contribution in [-0.4, -0.2) is 0 Å². The van der Waals surface area contributed by atoms with Gasteiger partial charge in [0, 0.05) is 10.4 Å². The number of para-hydroxylation sites is 1. The van der Waals surface area contributed by atoms with E-state index in [-0.39, 0.29) is 6.04 Å². The normalized spacial score (nSPS) is 12.8. The minimum atomic E-state index is -0.286. The van der Waals surface area contributed by atoms with Crippen LogP contribution in [0.15, 0.2) is 46.9 Å². The van der Waals surface area contributed by atoms with Crippen LogP contribution in [0.4, 0.5) is 0 Å². The highest BCUT2D eigenvalue weighted by atomic mass is 35.5. The Morgan fingerprint density at radius 2 is 1.95 bits per heavy atom. The van der Waals surface area contributed by atoms with Crippen LogP contribution in [0.3, 0.4) is 0 Å². The summed E-state index contributed by atoms with van der Waals surface area (Å²) in [5.74, 6) is 6.41. The monoisotopic (exact) mass is 320 g/mol. The van der Waals surface area contributed by atoms with Crippen LogP contribution < -0.4 is 11.3 Å². The van der Waals surface area contributed by atoms with Gasteiger partial charge in [0.25, 0.3) is 0 Å². The molecule has 1 heterocycles. The Balaban J connectivity index is 2.11. The van der Waals surface area contributed by atoms with Crippen molar-refractivity contribution in [2.24, 2.45) is 5.84 Å². The van der Waals surface area contributed by atoms with Crippen LogP contribution in [-0.2, 0) is 0 Å². The number of fused-ring (bicyclic) bond motifs is 1. The Bertz CT molecular complexity index is 778. The van der Waals surface area contributed by atoms with Crippen molar-refractivity contribution in [2.45, 2.75) is 13.0 Å². The Kier molecular flexibility index (Phi) is 3.91. The van der Waals surface area contributed by atoms with Gasteiger partial charge in [-0.3, -0.25) is 5.84 Å². The number of nitrogens with one attached hydrogen (secondary N) is 1. The summed E-state index contributed by atoms with van der Waals surface area (Å²) >= 11 is 12.3. The zero-order valence-corrected chi connectivity index (χ0v) is 12.9. The van der Waals surface area contributed by atoms with E-state index in [1.165, 1.54) is 0 Å². The minimum Gasteiger partial charge on any atom is -0.457 e. The zero-order valence-electron chi connectivity index (χ0n) is 11.4. The van der Waals surface area contributed by atoms with E-state index in [0.717, 1.165) is 16.5 Å². The maximum atomic E-state index is 6.15. The molecule has 3 aromatic rings. The highest BCUT2D eigenvalue weighted by Gasteiger charge is 2.19. The largest absolute Gasteiger partial charge is 0.457 e. The number of furan rings is 1. The van der Waals surface area contributed by atoms with Crippen molar-refractivity contribution in [3.05, 3.63) is 69.4 Å². The van der Waals surface area contributed by atoms with Gasteiger partial charge in [0.05, 0.1) is 5.02 Å². The topological polar surface area (TPSA) is 51.2 Å². The predicted octanol–water partition coefficient (Wildman–Crippen LogP) is 4.60. The van der Waals surface area contributed by atoms with Gasteiger partial charge in [0.1, 0.15) is 11.8 Å². The second-order valence-corrected chi connectivity index (χ2v) is 5.81. The number of aryl methyl sites for hydroxylation is 1. The first-order chi connectivity index (χ1) is 10.1. The smallest absolute Gasteiger partial charge is 0.152 e. The Morgan fingerprint density at radius 3 is 2.62 bits per heavy atom. The fourth-order valence-corrected chi connectivity index (χ4v) is 2.98. The Labute approximate surface area is 132 Å². The van der Waals surface area contributed by atoms with Crippen molar-refractivity contribution >= 4 is 34.2 Å². The lowest BCUT2D eigenvalue weighted by Gasteiger charge is -2.14. The molecular formula is C16H14Cl2N2O. The number of hydrogen-bond acceptors (Lipinski definition) is 3. The van der Waals surface area contributed by atoms with Gasteiger partial charge in [-0.1, -0.05) is 41.4 Å². The number of hydrazine groups is 1. The van der Waals surface area contributed by atoms with Crippen LogP contribution >= 0.6 is 23.2 Å². The number of rotatable bonds is 3. The molecule has 0 saturated carbocycles. The van der Waals surface area contributed by atoms with Crippen molar-refractivity contribution in [2.75, 3.05) is 0 Å². The van der Waals surface area contributed by atoms with E-state index in [1.54, 1.807) is 6.07 Å². The summed E-state index contributed by atoms with van der Waals surface area (Å²) < 4.78 is 5.87. The fraction of sp³-hybridized carbons (Fsp3) is 0.125. The molecule has 0 bridgehead atoms. The number of hydrogen-bond donors (Lipinski definition) is 2. The molecule has 0 fully saturated rings. The van der Waals surface area contributed by atoms with Crippen molar-refractivity contribution in [3.63, 3.8) is 0 Å². The van der Waals surface area contributed by atoms with E-state index in [2.05, 4.69) is 5.43 Å². The number of benzene rings is 2. The molecule has 1 unspecified atom stereocenters. The molecule has 0 spiro atoms. The Hall–Kier alpha value is -1.52. The van der Waals surface area contributed by atoms with Gasteiger partial charge in [0.2, 0.25) is 0 Å². The maximum Gasteiger partial charge on any atom is 0.152 e. The van der Waals surface area contributed by atoms with Crippen LogP contribution in [0.1, 0.15) is 22.9 Å². The average molecular weight is 321 g/mol. The molecule has 21 heavy (non-hydrogen) atoms. The van der Waals surface area contributed by atoms with Gasteiger partial charge in [0.15, 0.2) is 5.58 Å². The van der Waals surface area contributed by atoms with Crippen molar-refractivity contribution in [1.82, 2.24) is 5.43 Å². The van der Waals surface area contributed by atoms with Crippen molar-refractivity contribution in [1.29, 1.82) is 0 Å². The second kappa shape index (κ2) is 5.70. The van der Waals surface area contributed by atoms with Gasteiger partial charge in [-0.05, 0) is 42.3 Å². The molecule has 0 saturated heterocycles. The summed E-state index contributed by atoms with van der Waals surface area (Å²) in [5.41, 5.74) is 5.44. The van der Waals surface area contributed by atoms with Crippen LogP contribution in [0, 0.1) is 6.92 Å². The maximum absolute atomic E-state index is 6.15. The van der Waals surface area contributed by atoms with Crippen LogP contribution in [0.2, 0.25) is 10.0 Å². The average Bonchev–Trinajstić information content (AvgIpc) is 2.83. The lowest BCUT2D eigenvalue weighted by Crippen LogP contribution is -2.28. The first kappa shape index (κ1) is 14.4. The molecule has 0 amide bonds. The summed E-state index contributed by atoms with van der Waals surface area (Å²) in [7, 11) is 0. The molecule has 108 valence electrons. The molecule has 3 nitrogen and oxygen atoms in total. The van der Waals surface area contributed by atoms with E-state index in [0.29, 0.717) is 21.4 Å². The van der Waals surface area contributed by atoms with Gasteiger partial charge in [-0.15, -0.1) is 0 Å². The standard InChI is InChI=1S/C16H14Cl2N2O/c1-9-5-11(7-12(17)6-9)15(20-19)14-8-10-3-2-4-13(18)16(10)21-14/h2-8,15,20H,19H2,1H3. The first-order valence-electron chi connectivity index (χ1n) is 6.49. The van der Waals surface area contributed by atoms with Crippen molar-refractivity contribution < 1.29 is 4.42 Å². The SMILES string of the molecule is Cc1cc(Cl)cc(C(NN)c2cc3cccc(Cl)c3o2)c1. The molecule has 0 aliphatic heterocycles. The highest BCUT2D eigenvalue weighted by Crippen LogP contribution is 2.32. The van der Waals surface area contributed by atoms with Gasteiger partial charge >= 0.3 is 0 Å². The quantitative estimate of drug-likeness (QED) is 0.547. The lowest BCUT2D eigenvalue weighted by atomic mass is 10.0. The van der Waals surface area contributed by atoms with E-state index in [1.807, 2.05) is 43.3 Å². The van der Waals surface area contributed by atoms with Crippen LogP contribution in [0.25, 0.3) is 11.0 Å². The number of nitrogens with two attached hydrogens (primary N) is 1. The van der Waals surface area contributed by atoms with Gasteiger partial charge < -0.3 is 4.42 Å². The molecule has 1 aromatic heterocycles. The summed E-state index contributed by atoms with van der Waals surface area (Å²) in [4.78, 5) is 0. The molecule has 0 radical (unpaired) electrons. The van der Waals surface area contributed by atoms with E-state index < -0.39 is 0 Å².